The average Bonchev–Trinajstić information content (AvgIpc) is 2.25. The highest BCUT2D eigenvalue weighted by molar-refractivity contribution is 5.76. The number of rotatable bonds is 1. The number of carbonyl (C=O) groups is 1. The van der Waals surface area contributed by atoms with Crippen molar-refractivity contribution < 1.29 is 9.53 Å². The molecule has 1 rings (SSSR count). The Balaban J connectivity index is 2.71. The van der Waals surface area contributed by atoms with E-state index in [0.29, 0.717) is 0 Å². The SMILES string of the molecule is COC(=O)C1(C)CCC(C)(N)C1. The van der Waals surface area contributed by atoms with Crippen molar-refractivity contribution in [3.63, 3.8) is 0 Å². The number of methoxy groups -OCH3 is 1. The van der Waals surface area contributed by atoms with Crippen molar-refractivity contribution in [3.05, 3.63) is 0 Å². The minimum atomic E-state index is -0.349. The normalized spacial score (nSPS) is 41.3. The van der Waals surface area contributed by atoms with Gasteiger partial charge in [0.05, 0.1) is 12.5 Å². The lowest BCUT2D eigenvalue weighted by Crippen LogP contribution is -2.36. The molecule has 0 amide bonds. The van der Waals surface area contributed by atoms with E-state index in [1.54, 1.807) is 0 Å². The number of carbonyl (C=O) groups excluding carboxylic acids is 1. The van der Waals surface area contributed by atoms with Crippen molar-refractivity contribution in [3.8, 4) is 0 Å². The molecule has 3 nitrogen and oxygen atoms in total. The van der Waals surface area contributed by atoms with E-state index in [2.05, 4.69) is 0 Å². The van der Waals surface area contributed by atoms with Crippen LogP contribution in [-0.4, -0.2) is 18.6 Å². The van der Waals surface area contributed by atoms with Gasteiger partial charge in [-0.25, -0.2) is 0 Å². The molecule has 0 aromatic heterocycles. The first-order chi connectivity index (χ1) is 5.40. The van der Waals surface area contributed by atoms with Crippen LogP contribution < -0.4 is 5.73 Å². The summed E-state index contributed by atoms with van der Waals surface area (Å²) >= 11 is 0. The number of hydrogen-bond acceptors (Lipinski definition) is 3. The fourth-order valence-electron chi connectivity index (χ4n) is 2.05. The van der Waals surface area contributed by atoms with Crippen LogP contribution in [0, 0.1) is 5.41 Å². The quantitative estimate of drug-likeness (QED) is 0.600. The van der Waals surface area contributed by atoms with Gasteiger partial charge in [0.25, 0.3) is 0 Å². The van der Waals surface area contributed by atoms with Crippen LogP contribution in [0.4, 0.5) is 0 Å². The molecule has 0 saturated heterocycles. The van der Waals surface area contributed by atoms with Crippen molar-refractivity contribution in [2.24, 2.45) is 11.1 Å². The summed E-state index contributed by atoms with van der Waals surface area (Å²) in [5.41, 5.74) is 5.40. The van der Waals surface area contributed by atoms with E-state index < -0.39 is 0 Å². The Hall–Kier alpha value is -0.570. The Morgan fingerprint density at radius 1 is 1.42 bits per heavy atom. The van der Waals surface area contributed by atoms with Crippen LogP contribution in [0.25, 0.3) is 0 Å². The number of esters is 1. The maximum absolute atomic E-state index is 11.3. The van der Waals surface area contributed by atoms with Gasteiger partial charge in [-0.2, -0.15) is 0 Å². The zero-order valence-electron chi connectivity index (χ0n) is 8.02. The van der Waals surface area contributed by atoms with Crippen LogP contribution in [0.15, 0.2) is 0 Å². The molecule has 1 fully saturated rings. The Morgan fingerprint density at radius 2 is 2.00 bits per heavy atom. The van der Waals surface area contributed by atoms with Crippen molar-refractivity contribution in [1.29, 1.82) is 0 Å². The highest BCUT2D eigenvalue weighted by atomic mass is 16.5. The topological polar surface area (TPSA) is 52.3 Å². The van der Waals surface area contributed by atoms with Crippen molar-refractivity contribution >= 4 is 5.97 Å². The third-order valence-corrected chi connectivity index (χ3v) is 2.72. The molecule has 2 N–H and O–H groups in total. The van der Waals surface area contributed by atoms with E-state index in [9.17, 15) is 4.79 Å². The molecule has 1 aliphatic carbocycles. The fraction of sp³-hybridized carbons (Fsp3) is 0.889. The van der Waals surface area contributed by atoms with E-state index in [0.717, 1.165) is 19.3 Å². The molecule has 70 valence electrons. The van der Waals surface area contributed by atoms with E-state index in [1.807, 2.05) is 13.8 Å². The summed E-state index contributed by atoms with van der Waals surface area (Å²) in [7, 11) is 1.43. The number of nitrogens with two attached hydrogens (primary N) is 1. The van der Waals surface area contributed by atoms with Crippen molar-refractivity contribution in [1.82, 2.24) is 0 Å². The van der Waals surface area contributed by atoms with E-state index >= 15 is 0 Å². The lowest BCUT2D eigenvalue weighted by Gasteiger charge is -2.23. The zero-order valence-corrected chi connectivity index (χ0v) is 8.02. The second-order valence-corrected chi connectivity index (χ2v) is 4.38. The molecule has 0 bridgehead atoms. The molecule has 0 radical (unpaired) electrons. The molecular weight excluding hydrogens is 154 g/mol. The van der Waals surface area contributed by atoms with Crippen LogP contribution in [0.2, 0.25) is 0 Å². The highest BCUT2D eigenvalue weighted by Crippen LogP contribution is 2.43. The third-order valence-electron chi connectivity index (χ3n) is 2.72. The molecule has 0 aromatic rings. The predicted molar refractivity (Wildman–Crippen MR) is 46.6 cm³/mol. The Morgan fingerprint density at radius 3 is 2.33 bits per heavy atom. The molecule has 12 heavy (non-hydrogen) atoms. The molecule has 0 heterocycles. The summed E-state index contributed by atoms with van der Waals surface area (Å²) in [5.74, 6) is -0.128. The monoisotopic (exact) mass is 171 g/mol. The van der Waals surface area contributed by atoms with E-state index in [4.69, 9.17) is 10.5 Å². The molecule has 1 aliphatic rings. The van der Waals surface area contributed by atoms with Crippen molar-refractivity contribution in [2.45, 2.75) is 38.6 Å². The maximum atomic E-state index is 11.3. The Kier molecular flexibility index (Phi) is 2.17. The van der Waals surface area contributed by atoms with Gasteiger partial charge in [-0.15, -0.1) is 0 Å². The Bertz CT molecular complexity index is 201. The van der Waals surface area contributed by atoms with Gasteiger partial charge in [0.1, 0.15) is 0 Å². The molecule has 0 aromatic carbocycles. The fourth-order valence-corrected chi connectivity index (χ4v) is 2.05. The molecule has 2 atom stereocenters. The minimum absolute atomic E-state index is 0.128. The number of ether oxygens (including phenoxy) is 1. The lowest BCUT2D eigenvalue weighted by atomic mass is 9.86. The van der Waals surface area contributed by atoms with Crippen LogP contribution in [0.3, 0.4) is 0 Å². The molecular formula is C9H17NO2. The third kappa shape index (κ3) is 1.61. The van der Waals surface area contributed by atoms with Gasteiger partial charge in [-0.05, 0) is 33.1 Å². The van der Waals surface area contributed by atoms with Gasteiger partial charge < -0.3 is 10.5 Å². The summed E-state index contributed by atoms with van der Waals surface area (Å²) in [4.78, 5) is 11.3. The first-order valence-corrected chi connectivity index (χ1v) is 4.27. The largest absolute Gasteiger partial charge is 0.469 e. The van der Waals surface area contributed by atoms with Gasteiger partial charge in [-0.1, -0.05) is 0 Å². The van der Waals surface area contributed by atoms with Gasteiger partial charge in [0.2, 0.25) is 0 Å². The van der Waals surface area contributed by atoms with Gasteiger partial charge in [0, 0.05) is 5.54 Å². The summed E-state index contributed by atoms with van der Waals surface area (Å²) in [6, 6.07) is 0. The molecule has 1 saturated carbocycles. The summed E-state index contributed by atoms with van der Waals surface area (Å²) < 4.78 is 4.74. The zero-order chi connectivity index (χ0) is 9.41. The molecule has 0 aliphatic heterocycles. The Labute approximate surface area is 73.3 Å². The minimum Gasteiger partial charge on any atom is -0.469 e. The summed E-state index contributed by atoms with van der Waals surface area (Å²) in [6.45, 7) is 3.91. The van der Waals surface area contributed by atoms with E-state index in [1.165, 1.54) is 7.11 Å². The second-order valence-electron chi connectivity index (χ2n) is 4.38. The van der Waals surface area contributed by atoms with Crippen LogP contribution in [0.5, 0.6) is 0 Å². The average molecular weight is 171 g/mol. The standard InChI is InChI=1S/C9H17NO2/c1-8(7(11)12-3)4-5-9(2,10)6-8/h4-6,10H2,1-3H3. The van der Waals surface area contributed by atoms with Gasteiger partial charge in [-0.3, -0.25) is 4.79 Å². The van der Waals surface area contributed by atoms with Crippen LogP contribution in [0.1, 0.15) is 33.1 Å². The van der Waals surface area contributed by atoms with E-state index in [-0.39, 0.29) is 16.9 Å². The lowest BCUT2D eigenvalue weighted by molar-refractivity contribution is -0.151. The smallest absolute Gasteiger partial charge is 0.311 e. The summed E-state index contributed by atoms with van der Waals surface area (Å²) in [5, 5.41) is 0. The predicted octanol–water partition coefficient (Wildman–Crippen LogP) is 1.07. The highest BCUT2D eigenvalue weighted by Gasteiger charge is 2.46. The van der Waals surface area contributed by atoms with Gasteiger partial charge in [0.15, 0.2) is 0 Å². The molecule has 0 spiro atoms. The van der Waals surface area contributed by atoms with Gasteiger partial charge >= 0.3 is 5.97 Å². The van der Waals surface area contributed by atoms with Crippen LogP contribution >= 0.6 is 0 Å². The second kappa shape index (κ2) is 2.73. The first-order valence-electron chi connectivity index (χ1n) is 4.27. The maximum Gasteiger partial charge on any atom is 0.311 e. The molecule has 3 heteroatoms. The van der Waals surface area contributed by atoms with Crippen LogP contribution in [-0.2, 0) is 9.53 Å². The number of hydrogen-bond donors (Lipinski definition) is 1. The first kappa shape index (κ1) is 9.52. The summed E-state index contributed by atoms with van der Waals surface area (Å²) in [6.07, 6.45) is 2.47. The molecule has 2 unspecified atom stereocenters. The van der Waals surface area contributed by atoms with Crippen molar-refractivity contribution in [2.75, 3.05) is 7.11 Å².